The first kappa shape index (κ1) is 14.3. The molecule has 0 radical (unpaired) electrons. The molecule has 1 aliphatic carbocycles. The van der Waals surface area contributed by atoms with Crippen LogP contribution in [0.3, 0.4) is 0 Å². The number of hydrogen-bond donors (Lipinski definition) is 1. The van der Waals surface area contributed by atoms with Gasteiger partial charge in [0.2, 0.25) is 0 Å². The van der Waals surface area contributed by atoms with E-state index in [0.29, 0.717) is 18.2 Å². The van der Waals surface area contributed by atoms with Crippen LogP contribution in [0.1, 0.15) is 39.0 Å². The van der Waals surface area contributed by atoms with E-state index >= 15 is 0 Å². The fourth-order valence-corrected chi connectivity index (χ4v) is 4.23. The molecule has 3 fully saturated rings. The quantitative estimate of drug-likeness (QED) is 0.777. The molecule has 2 saturated heterocycles. The van der Waals surface area contributed by atoms with E-state index in [0.717, 1.165) is 38.9 Å². The summed E-state index contributed by atoms with van der Waals surface area (Å²) >= 11 is 0. The molecule has 3 rings (SSSR count). The van der Waals surface area contributed by atoms with Gasteiger partial charge in [-0.1, -0.05) is 6.92 Å². The van der Waals surface area contributed by atoms with Gasteiger partial charge in [0.05, 0.1) is 19.3 Å². The lowest BCUT2D eigenvalue weighted by molar-refractivity contribution is -0.148. The number of fused-ring (bicyclic) bond motifs is 2. The maximum absolute atomic E-state index is 12.2. The molecule has 0 amide bonds. The Kier molecular flexibility index (Phi) is 4.02. The van der Waals surface area contributed by atoms with Crippen LogP contribution in [0.4, 0.5) is 0 Å². The van der Waals surface area contributed by atoms with Crippen LogP contribution in [0.25, 0.3) is 0 Å². The molecule has 5 heteroatoms. The highest BCUT2D eigenvalue weighted by molar-refractivity contribution is 5.81. The van der Waals surface area contributed by atoms with E-state index in [1.54, 1.807) is 0 Å². The summed E-state index contributed by atoms with van der Waals surface area (Å²) in [4.78, 5) is 14.7. The number of carbonyl (C=O) groups excluding carboxylic acids is 1. The van der Waals surface area contributed by atoms with Gasteiger partial charge in [-0.25, -0.2) is 0 Å². The van der Waals surface area contributed by atoms with Crippen LogP contribution in [0.5, 0.6) is 0 Å². The second kappa shape index (κ2) is 5.62. The Hall–Kier alpha value is -0.650. The average Bonchev–Trinajstić information content (AvgIpc) is 3.03. The van der Waals surface area contributed by atoms with Crippen molar-refractivity contribution in [1.29, 1.82) is 0 Å². The Morgan fingerprint density at radius 3 is 2.65 bits per heavy atom. The summed E-state index contributed by atoms with van der Waals surface area (Å²) in [5.74, 6) is -0.0990. The van der Waals surface area contributed by atoms with Gasteiger partial charge in [0.25, 0.3) is 0 Å². The Morgan fingerprint density at radius 1 is 1.35 bits per heavy atom. The van der Waals surface area contributed by atoms with Gasteiger partial charge in [0, 0.05) is 19.1 Å². The highest BCUT2D eigenvalue weighted by Crippen LogP contribution is 2.37. The number of esters is 1. The largest absolute Gasteiger partial charge is 0.468 e. The number of hydrogen-bond acceptors (Lipinski definition) is 5. The van der Waals surface area contributed by atoms with Gasteiger partial charge in [-0.3, -0.25) is 9.69 Å². The van der Waals surface area contributed by atoms with E-state index in [9.17, 15) is 4.79 Å². The van der Waals surface area contributed by atoms with Crippen molar-refractivity contribution in [1.82, 2.24) is 10.2 Å². The molecule has 0 spiro atoms. The number of ether oxygens (including phenoxy) is 2. The zero-order valence-electron chi connectivity index (χ0n) is 12.6. The monoisotopic (exact) mass is 282 g/mol. The molecule has 0 aromatic heterocycles. The highest BCUT2D eigenvalue weighted by atomic mass is 16.5. The minimum absolute atomic E-state index is 0.0990. The van der Waals surface area contributed by atoms with Gasteiger partial charge in [-0.15, -0.1) is 0 Å². The van der Waals surface area contributed by atoms with Crippen molar-refractivity contribution in [3.05, 3.63) is 0 Å². The van der Waals surface area contributed by atoms with E-state index in [2.05, 4.69) is 10.2 Å². The number of methoxy groups -OCH3 is 1. The van der Waals surface area contributed by atoms with Crippen molar-refractivity contribution in [2.24, 2.45) is 0 Å². The predicted molar refractivity (Wildman–Crippen MR) is 75.5 cm³/mol. The minimum atomic E-state index is -0.467. The lowest BCUT2D eigenvalue weighted by atomic mass is 9.97. The summed E-state index contributed by atoms with van der Waals surface area (Å²) in [5.41, 5.74) is -0.467. The van der Waals surface area contributed by atoms with E-state index in [4.69, 9.17) is 9.47 Å². The van der Waals surface area contributed by atoms with Crippen LogP contribution in [-0.2, 0) is 14.3 Å². The third-order valence-corrected chi connectivity index (χ3v) is 5.17. The average molecular weight is 282 g/mol. The maximum Gasteiger partial charge on any atom is 0.326 e. The molecule has 114 valence electrons. The first-order valence-corrected chi connectivity index (χ1v) is 7.90. The van der Waals surface area contributed by atoms with Crippen LogP contribution < -0.4 is 5.32 Å². The molecular formula is C15H26N2O3. The Bertz CT molecular complexity index is 364. The number of nitrogens with zero attached hydrogens (tertiary/aromatic N) is 1. The molecule has 20 heavy (non-hydrogen) atoms. The Balaban J connectivity index is 1.67. The molecule has 2 bridgehead atoms. The van der Waals surface area contributed by atoms with Gasteiger partial charge in [-0.2, -0.15) is 0 Å². The molecule has 2 heterocycles. The third-order valence-electron chi connectivity index (χ3n) is 5.17. The van der Waals surface area contributed by atoms with Gasteiger partial charge in [0.1, 0.15) is 5.54 Å². The zero-order chi connectivity index (χ0) is 14.2. The van der Waals surface area contributed by atoms with E-state index in [1.807, 2.05) is 6.92 Å². The fourth-order valence-electron chi connectivity index (χ4n) is 4.23. The molecule has 2 aliphatic heterocycles. The lowest BCUT2D eigenvalue weighted by Gasteiger charge is -2.37. The molecular weight excluding hydrogens is 256 g/mol. The van der Waals surface area contributed by atoms with Crippen LogP contribution in [0.15, 0.2) is 0 Å². The van der Waals surface area contributed by atoms with Crippen LogP contribution >= 0.6 is 0 Å². The van der Waals surface area contributed by atoms with Crippen LogP contribution in [0.2, 0.25) is 0 Å². The first-order valence-electron chi connectivity index (χ1n) is 7.90. The predicted octanol–water partition coefficient (Wildman–Crippen LogP) is 0.923. The minimum Gasteiger partial charge on any atom is -0.468 e. The Labute approximate surface area is 121 Å². The number of rotatable bonds is 4. The summed E-state index contributed by atoms with van der Waals surface area (Å²) in [5, 5.41) is 3.38. The number of likely N-dealkylation sites (tertiary alicyclic amines) is 1. The van der Waals surface area contributed by atoms with Crippen molar-refractivity contribution < 1.29 is 14.3 Å². The number of nitrogens with one attached hydrogen (secondary N) is 1. The van der Waals surface area contributed by atoms with E-state index in [-0.39, 0.29) is 5.97 Å². The van der Waals surface area contributed by atoms with Crippen molar-refractivity contribution in [3.63, 3.8) is 0 Å². The summed E-state index contributed by atoms with van der Waals surface area (Å²) < 4.78 is 10.9. The zero-order valence-corrected chi connectivity index (χ0v) is 12.6. The third kappa shape index (κ3) is 2.47. The topological polar surface area (TPSA) is 50.8 Å². The number of carbonyl (C=O) groups is 1. The Morgan fingerprint density at radius 2 is 2.05 bits per heavy atom. The van der Waals surface area contributed by atoms with Gasteiger partial charge < -0.3 is 14.8 Å². The summed E-state index contributed by atoms with van der Waals surface area (Å²) in [6.45, 7) is 4.91. The molecule has 1 N–H and O–H groups in total. The highest BCUT2D eigenvalue weighted by Gasteiger charge is 2.48. The van der Waals surface area contributed by atoms with Crippen molar-refractivity contribution in [2.75, 3.05) is 26.7 Å². The molecule has 0 aromatic carbocycles. The SMILES string of the molecule is CCNC1(C(=O)OC)CCC(N2CC3CCC(C2)O3)C1. The maximum atomic E-state index is 12.2. The van der Waals surface area contributed by atoms with Gasteiger partial charge in [0.15, 0.2) is 0 Å². The first-order chi connectivity index (χ1) is 9.66. The normalized spacial score (nSPS) is 41.0. The number of morpholine rings is 1. The lowest BCUT2D eigenvalue weighted by Crippen LogP contribution is -2.53. The van der Waals surface area contributed by atoms with Gasteiger partial charge >= 0.3 is 5.97 Å². The van der Waals surface area contributed by atoms with Gasteiger partial charge in [-0.05, 0) is 38.6 Å². The number of likely N-dealkylation sites (N-methyl/N-ethyl adjacent to an activating group) is 1. The van der Waals surface area contributed by atoms with Crippen molar-refractivity contribution in [2.45, 2.75) is 62.8 Å². The second-order valence-corrected chi connectivity index (χ2v) is 6.41. The molecule has 4 atom stereocenters. The second-order valence-electron chi connectivity index (χ2n) is 6.41. The van der Waals surface area contributed by atoms with E-state index < -0.39 is 5.54 Å². The molecule has 1 saturated carbocycles. The summed E-state index contributed by atoms with van der Waals surface area (Å²) in [6.07, 6.45) is 6.05. The molecule has 4 unspecified atom stereocenters. The van der Waals surface area contributed by atoms with Crippen molar-refractivity contribution in [3.8, 4) is 0 Å². The standard InChI is InChI=1S/C15H26N2O3/c1-3-16-15(14(18)19-2)7-6-11(8-15)17-9-12-4-5-13(10-17)20-12/h11-13,16H,3-10H2,1-2H3. The summed E-state index contributed by atoms with van der Waals surface area (Å²) in [7, 11) is 1.49. The van der Waals surface area contributed by atoms with E-state index in [1.165, 1.54) is 20.0 Å². The van der Waals surface area contributed by atoms with Crippen LogP contribution in [-0.4, -0.2) is 61.4 Å². The molecule has 0 aromatic rings. The fraction of sp³-hybridized carbons (Fsp3) is 0.933. The summed E-state index contributed by atoms with van der Waals surface area (Å²) in [6, 6.07) is 0.486. The smallest absolute Gasteiger partial charge is 0.326 e. The molecule has 5 nitrogen and oxygen atoms in total. The molecule has 3 aliphatic rings. The van der Waals surface area contributed by atoms with Crippen LogP contribution in [0, 0.1) is 0 Å². The van der Waals surface area contributed by atoms with Crippen molar-refractivity contribution >= 4 is 5.97 Å².